The number of nitrogens with one attached hydrogen (secondary N) is 1. The lowest BCUT2D eigenvalue weighted by Gasteiger charge is -2.07. The average Bonchev–Trinajstić information content (AvgIpc) is 2.49. The maximum atomic E-state index is 11.7. The number of carbonyl (C=O) groups excluding carboxylic acids is 1. The van der Waals surface area contributed by atoms with Gasteiger partial charge in [0.05, 0.1) is 18.6 Å². The molecule has 0 atom stereocenters. The number of aromatic nitrogens is 1. The first-order valence-corrected chi connectivity index (χ1v) is 6.12. The van der Waals surface area contributed by atoms with Crippen molar-refractivity contribution in [1.82, 2.24) is 4.98 Å². The number of amides is 1. The molecule has 0 saturated heterocycles. The lowest BCUT2D eigenvalue weighted by atomic mass is 10.3. The Morgan fingerprint density at radius 3 is 2.80 bits per heavy atom. The van der Waals surface area contributed by atoms with Crippen molar-refractivity contribution in [1.29, 1.82) is 5.26 Å². The summed E-state index contributed by atoms with van der Waals surface area (Å²) in [7, 11) is 0. The Labute approximate surface area is 116 Å². The van der Waals surface area contributed by atoms with Crippen LogP contribution >= 0.6 is 0 Å². The molecule has 20 heavy (non-hydrogen) atoms. The van der Waals surface area contributed by atoms with E-state index in [1.807, 2.05) is 36.4 Å². The fourth-order valence-corrected chi connectivity index (χ4v) is 1.57. The smallest absolute Gasteiger partial charge is 0.228 e. The van der Waals surface area contributed by atoms with Crippen LogP contribution < -0.4 is 10.1 Å². The van der Waals surface area contributed by atoms with Crippen LogP contribution in [-0.2, 0) is 4.79 Å². The number of pyridine rings is 1. The molecule has 0 aliphatic heterocycles. The van der Waals surface area contributed by atoms with Gasteiger partial charge in [0, 0.05) is 6.20 Å². The summed E-state index contributed by atoms with van der Waals surface area (Å²) in [4.78, 5) is 15.7. The van der Waals surface area contributed by atoms with Gasteiger partial charge >= 0.3 is 0 Å². The number of anilines is 1. The van der Waals surface area contributed by atoms with Gasteiger partial charge in [-0.25, -0.2) is 4.98 Å². The van der Waals surface area contributed by atoms with E-state index in [9.17, 15) is 4.79 Å². The van der Waals surface area contributed by atoms with Crippen LogP contribution in [0.1, 0.15) is 12.0 Å². The summed E-state index contributed by atoms with van der Waals surface area (Å²) in [6.45, 7) is 0.268. The maximum absolute atomic E-state index is 11.7. The molecular formula is C15H13N3O2. The number of hydrogen-bond acceptors (Lipinski definition) is 4. The molecule has 0 fully saturated rings. The quantitative estimate of drug-likeness (QED) is 0.902. The van der Waals surface area contributed by atoms with Gasteiger partial charge in [-0.2, -0.15) is 5.26 Å². The Bertz CT molecular complexity index is 621. The predicted molar refractivity (Wildman–Crippen MR) is 74.1 cm³/mol. The van der Waals surface area contributed by atoms with E-state index in [2.05, 4.69) is 10.3 Å². The average molecular weight is 267 g/mol. The van der Waals surface area contributed by atoms with Gasteiger partial charge in [-0.15, -0.1) is 0 Å². The minimum Gasteiger partial charge on any atom is -0.493 e. The number of para-hydroxylation sites is 1. The van der Waals surface area contributed by atoms with Crippen LogP contribution in [0.15, 0.2) is 48.7 Å². The van der Waals surface area contributed by atoms with Crippen molar-refractivity contribution in [3.05, 3.63) is 54.2 Å². The van der Waals surface area contributed by atoms with E-state index in [4.69, 9.17) is 10.00 Å². The Morgan fingerprint density at radius 2 is 2.05 bits per heavy atom. The summed E-state index contributed by atoms with van der Waals surface area (Å²) in [5.41, 5.74) is 0.338. The highest BCUT2D eigenvalue weighted by Crippen LogP contribution is 2.11. The molecule has 1 aromatic carbocycles. The third-order valence-corrected chi connectivity index (χ3v) is 2.53. The summed E-state index contributed by atoms with van der Waals surface area (Å²) in [5, 5.41) is 11.5. The van der Waals surface area contributed by atoms with Gasteiger partial charge in [0.2, 0.25) is 5.91 Å². The zero-order valence-corrected chi connectivity index (χ0v) is 10.7. The SMILES string of the molecule is N#Cc1cccnc1NC(=O)CCOc1ccccc1. The fourth-order valence-electron chi connectivity index (χ4n) is 1.57. The molecule has 0 aliphatic rings. The molecule has 0 bridgehead atoms. The monoisotopic (exact) mass is 267 g/mol. The van der Waals surface area contributed by atoms with Crippen molar-refractivity contribution >= 4 is 11.7 Å². The van der Waals surface area contributed by atoms with Crippen LogP contribution in [-0.4, -0.2) is 17.5 Å². The number of nitrogens with zero attached hydrogens (tertiary/aromatic N) is 2. The van der Waals surface area contributed by atoms with Crippen LogP contribution in [0.4, 0.5) is 5.82 Å². The van der Waals surface area contributed by atoms with Crippen molar-refractivity contribution in [3.63, 3.8) is 0 Å². The first kappa shape index (κ1) is 13.6. The molecule has 5 heteroatoms. The maximum Gasteiger partial charge on any atom is 0.228 e. The normalized spacial score (nSPS) is 9.55. The first-order chi connectivity index (χ1) is 9.79. The Morgan fingerprint density at radius 1 is 1.25 bits per heavy atom. The highest BCUT2D eigenvalue weighted by Gasteiger charge is 2.07. The highest BCUT2D eigenvalue weighted by atomic mass is 16.5. The zero-order chi connectivity index (χ0) is 14.2. The van der Waals surface area contributed by atoms with E-state index in [1.54, 1.807) is 12.1 Å². The van der Waals surface area contributed by atoms with Crippen molar-refractivity contribution in [2.75, 3.05) is 11.9 Å². The lowest BCUT2D eigenvalue weighted by molar-refractivity contribution is -0.116. The van der Waals surface area contributed by atoms with Crippen molar-refractivity contribution in [3.8, 4) is 11.8 Å². The zero-order valence-electron chi connectivity index (χ0n) is 10.7. The van der Waals surface area contributed by atoms with Crippen molar-refractivity contribution in [2.45, 2.75) is 6.42 Å². The van der Waals surface area contributed by atoms with Crippen LogP contribution in [0, 0.1) is 11.3 Å². The van der Waals surface area contributed by atoms with Gasteiger partial charge in [-0.3, -0.25) is 4.79 Å². The minimum absolute atomic E-state index is 0.191. The molecule has 0 saturated carbocycles. The van der Waals surface area contributed by atoms with Gasteiger partial charge in [0.15, 0.2) is 0 Å². The van der Waals surface area contributed by atoms with Gasteiger partial charge < -0.3 is 10.1 Å². The molecule has 0 aliphatic carbocycles. The molecule has 0 spiro atoms. The highest BCUT2D eigenvalue weighted by molar-refractivity contribution is 5.90. The largest absolute Gasteiger partial charge is 0.493 e. The van der Waals surface area contributed by atoms with Crippen LogP contribution in [0.25, 0.3) is 0 Å². The summed E-state index contributed by atoms with van der Waals surface area (Å²) in [6, 6.07) is 14.5. The van der Waals surface area contributed by atoms with E-state index < -0.39 is 0 Å². The Kier molecular flexibility index (Phi) is 4.68. The topological polar surface area (TPSA) is 75.0 Å². The molecule has 5 nitrogen and oxygen atoms in total. The lowest BCUT2D eigenvalue weighted by Crippen LogP contribution is -2.16. The third-order valence-electron chi connectivity index (χ3n) is 2.53. The molecule has 1 amide bonds. The second kappa shape index (κ2) is 6.90. The van der Waals surface area contributed by atoms with E-state index >= 15 is 0 Å². The first-order valence-electron chi connectivity index (χ1n) is 6.12. The number of nitriles is 1. The summed E-state index contributed by atoms with van der Waals surface area (Å²) >= 11 is 0. The standard InChI is InChI=1S/C15H13N3O2/c16-11-12-5-4-9-17-15(12)18-14(19)8-10-20-13-6-2-1-3-7-13/h1-7,9H,8,10H2,(H,17,18,19). The van der Waals surface area contributed by atoms with Gasteiger partial charge in [-0.1, -0.05) is 18.2 Å². The Balaban J connectivity index is 1.83. The molecule has 2 rings (SSSR count). The molecule has 0 radical (unpaired) electrons. The van der Waals surface area contributed by atoms with E-state index in [-0.39, 0.29) is 24.8 Å². The fraction of sp³-hybridized carbons (Fsp3) is 0.133. The molecular weight excluding hydrogens is 254 g/mol. The van der Waals surface area contributed by atoms with E-state index in [0.717, 1.165) is 5.75 Å². The summed E-state index contributed by atoms with van der Waals surface area (Å²) in [6.07, 6.45) is 1.72. The number of ether oxygens (including phenoxy) is 1. The minimum atomic E-state index is -0.240. The van der Waals surface area contributed by atoms with Gasteiger partial charge in [-0.05, 0) is 24.3 Å². The van der Waals surface area contributed by atoms with Crippen LogP contribution in [0.2, 0.25) is 0 Å². The van der Waals surface area contributed by atoms with Crippen molar-refractivity contribution < 1.29 is 9.53 Å². The molecule has 1 heterocycles. The van der Waals surface area contributed by atoms with E-state index in [0.29, 0.717) is 5.56 Å². The van der Waals surface area contributed by atoms with Crippen LogP contribution in [0.5, 0.6) is 5.75 Å². The Hall–Kier alpha value is -2.87. The number of benzene rings is 1. The molecule has 1 N–H and O–H groups in total. The molecule has 2 aromatic rings. The molecule has 100 valence electrons. The second-order valence-electron chi connectivity index (χ2n) is 3.97. The van der Waals surface area contributed by atoms with Gasteiger partial charge in [0.25, 0.3) is 0 Å². The number of hydrogen-bond donors (Lipinski definition) is 1. The third kappa shape index (κ3) is 3.82. The summed E-state index contributed by atoms with van der Waals surface area (Å²) in [5.74, 6) is 0.756. The van der Waals surface area contributed by atoms with E-state index in [1.165, 1.54) is 6.20 Å². The van der Waals surface area contributed by atoms with Gasteiger partial charge in [0.1, 0.15) is 17.6 Å². The van der Waals surface area contributed by atoms with Crippen molar-refractivity contribution in [2.24, 2.45) is 0 Å². The predicted octanol–water partition coefficient (Wildman–Crippen LogP) is 2.36. The molecule has 0 unspecified atom stereocenters. The number of rotatable bonds is 5. The number of carbonyl (C=O) groups is 1. The second-order valence-corrected chi connectivity index (χ2v) is 3.97. The van der Waals surface area contributed by atoms with Crippen LogP contribution in [0.3, 0.4) is 0 Å². The summed E-state index contributed by atoms with van der Waals surface area (Å²) < 4.78 is 5.42. The molecule has 1 aromatic heterocycles.